The van der Waals surface area contributed by atoms with Crippen molar-refractivity contribution in [2.45, 2.75) is 27.2 Å². The molecule has 0 spiro atoms. The molecule has 0 aliphatic carbocycles. The van der Waals surface area contributed by atoms with Crippen LogP contribution in [0, 0.1) is 18.8 Å². The molecule has 2 amide bonds. The van der Waals surface area contributed by atoms with E-state index in [1.54, 1.807) is 7.05 Å². The highest BCUT2D eigenvalue weighted by Gasteiger charge is 2.24. The second-order valence-electron chi connectivity index (χ2n) is 7.40. The molecule has 0 unspecified atom stereocenters. The third-order valence-electron chi connectivity index (χ3n) is 4.57. The van der Waals surface area contributed by atoms with Crippen LogP contribution in [-0.2, 0) is 9.59 Å². The molecule has 1 aromatic carbocycles. The number of carbonyl (C=O) groups is 2. The number of hydrogen-bond acceptors (Lipinski definition) is 3. The molecule has 1 aromatic rings. The Morgan fingerprint density at radius 3 is 2.52 bits per heavy atom. The highest BCUT2D eigenvalue weighted by atomic mass is 79.9. The molecule has 0 aromatic heterocycles. The average molecular weight is 410 g/mol. The van der Waals surface area contributed by atoms with Crippen molar-refractivity contribution >= 4 is 33.4 Å². The minimum absolute atomic E-state index is 0.0102. The van der Waals surface area contributed by atoms with Crippen molar-refractivity contribution in [3.8, 4) is 0 Å². The highest BCUT2D eigenvalue weighted by Crippen LogP contribution is 2.21. The predicted molar refractivity (Wildman–Crippen MR) is 105 cm³/mol. The van der Waals surface area contributed by atoms with Gasteiger partial charge in [0, 0.05) is 30.3 Å². The van der Waals surface area contributed by atoms with E-state index in [1.807, 2.05) is 25.1 Å². The van der Waals surface area contributed by atoms with Crippen LogP contribution >= 0.6 is 15.9 Å². The van der Waals surface area contributed by atoms with E-state index >= 15 is 0 Å². The Morgan fingerprint density at radius 2 is 1.92 bits per heavy atom. The number of piperidine rings is 1. The number of carbonyl (C=O) groups excluding carboxylic acids is 2. The molecule has 5 nitrogen and oxygen atoms in total. The molecule has 2 atom stereocenters. The monoisotopic (exact) mass is 409 g/mol. The minimum atomic E-state index is -0.179. The summed E-state index contributed by atoms with van der Waals surface area (Å²) < 4.78 is 0.972. The van der Waals surface area contributed by atoms with Gasteiger partial charge in [0.15, 0.2) is 0 Å². The Morgan fingerprint density at radius 1 is 1.28 bits per heavy atom. The number of likely N-dealkylation sites (tertiary alicyclic amines) is 1. The fraction of sp³-hybridized carbons (Fsp3) is 0.579. The van der Waals surface area contributed by atoms with E-state index in [9.17, 15) is 9.59 Å². The van der Waals surface area contributed by atoms with Crippen LogP contribution in [0.5, 0.6) is 0 Å². The molecule has 6 heteroatoms. The zero-order valence-corrected chi connectivity index (χ0v) is 17.1. The topological polar surface area (TPSA) is 52.7 Å². The van der Waals surface area contributed by atoms with Crippen molar-refractivity contribution in [2.24, 2.45) is 11.8 Å². The molecule has 2 rings (SSSR count). The number of aryl methyl sites for hydroxylation is 1. The Labute approximate surface area is 158 Å². The first kappa shape index (κ1) is 19.9. The van der Waals surface area contributed by atoms with Gasteiger partial charge in [0.2, 0.25) is 11.8 Å². The SMILES string of the molecule is Cc1cc(Br)ccc1NC(=O)CN(C)C(=O)CN1C[C@@H](C)C[C@H](C)C1. The summed E-state index contributed by atoms with van der Waals surface area (Å²) in [6, 6.07) is 5.69. The quantitative estimate of drug-likeness (QED) is 0.812. The number of halogens is 1. The highest BCUT2D eigenvalue weighted by molar-refractivity contribution is 9.10. The smallest absolute Gasteiger partial charge is 0.243 e. The van der Waals surface area contributed by atoms with Crippen LogP contribution in [0.4, 0.5) is 5.69 Å². The standard InChI is InChI=1S/C19H28BrN3O2/c1-13-7-14(2)10-23(9-13)12-19(25)22(4)11-18(24)21-17-6-5-16(20)8-15(17)3/h5-6,8,13-14H,7,9-12H2,1-4H3,(H,21,24)/t13-,14-/m0/s1. The van der Waals surface area contributed by atoms with Gasteiger partial charge in [0.1, 0.15) is 0 Å². The first-order valence-electron chi connectivity index (χ1n) is 8.77. The molecule has 1 aliphatic rings. The molecule has 1 N–H and O–H groups in total. The van der Waals surface area contributed by atoms with Crippen LogP contribution in [-0.4, -0.2) is 54.8 Å². The first-order valence-corrected chi connectivity index (χ1v) is 9.56. The molecule has 0 bridgehead atoms. The van der Waals surface area contributed by atoms with Crippen molar-refractivity contribution < 1.29 is 9.59 Å². The molecule has 1 saturated heterocycles. The van der Waals surface area contributed by atoms with Gasteiger partial charge in [-0.25, -0.2) is 0 Å². The van der Waals surface area contributed by atoms with Crippen LogP contribution in [0.3, 0.4) is 0 Å². The number of rotatable bonds is 5. The molecule has 25 heavy (non-hydrogen) atoms. The second kappa shape index (κ2) is 8.81. The average Bonchev–Trinajstić information content (AvgIpc) is 2.49. The van der Waals surface area contributed by atoms with Gasteiger partial charge in [-0.2, -0.15) is 0 Å². The molecular formula is C19H28BrN3O2. The number of hydrogen-bond donors (Lipinski definition) is 1. The third-order valence-corrected chi connectivity index (χ3v) is 5.07. The van der Waals surface area contributed by atoms with Gasteiger partial charge in [-0.3, -0.25) is 14.5 Å². The van der Waals surface area contributed by atoms with Crippen LogP contribution in [0.2, 0.25) is 0 Å². The van der Waals surface area contributed by atoms with Gasteiger partial charge in [0.05, 0.1) is 13.1 Å². The van der Waals surface area contributed by atoms with Crippen LogP contribution in [0.25, 0.3) is 0 Å². The van der Waals surface area contributed by atoms with Crippen LogP contribution < -0.4 is 5.32 Å². The van der Waals surface area contributed by atoms with Gasteiger partial charge in [-0.05, 0) is 48.9 Å². The van der Waals surface area contributed by atoms with Gasteiger partial charge in [0.25, 0.3) is 0 Å². The van der Waals surface area contributed by atoms with Crippen LogP contribution in [0.1, 0.15) is 25.8 Å². The molecule has 0 radical (unpaired) electrons. The summed E-state index contributed by atoms with van der Waals surface area (Å²) in [6.07, 6.45) is 1.22. The summed E-state index contributed by atoms with van der Waals surface area (Å²) in [5, 5.41) is 2.87. The zero-order valence-electron chi connectivity index (χ0n) is 15.5. The summed E-state index contributed by atoms with van der Waals surface area (Å²) in [4.78, 5) is 28.4. The number of likely N-dealkylation sites (N-methyl/N-ethyl adjacent to an activating group) is 1. The maximum atomic E-state index is 12.4. The van der Waals surface area contributed by atoms with Gasteiger partial charge in [-0.15, -0.1) is 0 Å². The van der Waals surface area contributed by atoms with Crippen molar-refractivity contribution in [2.75, 3.05) is 38.5 Å². The van der Waals surface area contributed by atoms with Crippen molar-refractivity contribution in [1.82, 2.24) is 9.80 Å². The van der Waals surface area contributed by atoms with E-state index in [0.29, 0.717) is 18.4 Å². The van der Waals surface area contributed by atoms with E-state index in [2.05, 4.69) is 40.0 Å². The third kappa shape index (κ3) is 6.12. The Kier molecular flexibility index (Phi) is 7.02. The van der Waals surface area contributed by atoms with Crippen molar-refractivity contribution in [1.29, 1.82) is 0 Å². The fourth-order valence-corrected chi connectivity index (χ4v) is 3.97. The molecule has 138 valence electrons. The molecule has 1 fully saturated rings. The summed E-state index contributed by atoms with van der Waals surface area (Å²) in [5.41, 5.74) is 1.75. The number of nitrogens with zero attached hydrogens (tertiary/aromatic N) is 2. The van der Waals surface area contributed by atoms with E-state index in [0.717, 1.165) is 28.8 Å². The maximum Gasteiger partial charge on any atom is 0.243 e. The largest absolute Gasteiger partial charge is 0.335 e. The lowest BCUT2D eigenvalue weighted by Crippen LogP contribution is -2.46. The summed E-state index contributed by atoms with van der Waals surface area (Å²) in [5.74, 6) is 1.04. The van der Waals surface area contributed by atoms with Crippen molar-refractivity contribution in [3.63, 3.8) is 0 Å². The number of amides is 2. The van der Waals surface area contributed by atoms with Crippen LogP contribution in [0.15, 0.2) is 22.7 Å². The number of nitrogens with one attached hydrogen (secondary N) is 1. The number of benzene rings is 1. The fourth-order valence-electron chi connectivity index (χ4n) is 3.49. The Balaban J connectivity index is 1.84. The normalized spacial score (nSPS) is 21.0. The predicted octanol–water partition coefficient (Wildman–Crippen LogP) is 3.13. The first-order chi connectivity index (χ1) is 11.7. The van der Waals surface area contributed by atoms with Gasteiger partial charge < -0.3 is 10.2 Å². The molecule has 0 saturated carbocycles. The summed E-state index contributed by atoms with van der Waals surface area (Å²) >= 11 is 3.41. The zero-order chi connectivity index (χ0) is 18.6. The lowest BCUT2D eigenvalue weighted by molar-refractivity contribution is -0.134. The number of anilines is 1. The minimum Gasteiger partial charge on any atom is -0.335 e. The second-order valence-corrected chi connectivity index (χ2v) is 8.31. The van der Waals surface area contributed by atoms with E-state index in [-0.39, 0.29) is 18.4 Å². The van der Waals surface area contributed by atoms with E-state index < -0.39 is 0 Å². The van der Waals surface area contributed by atoms with E-state index in [1.165, 1.54) is 11.3 Å². The van der Waals surface area contributed by atoms with Crippen molar-refractivity contribution in [3.05, 3.63) is 28.2 Å². The van der Waals surface area contributed by atoms with Gasteiger partial charge >= 0.3 is 0 Å². The van der Waals surface area contributed by atoms with Gasteiger partial charge in [-0.1, -0.05) is 29.8 Å². The Bertz CT molecular complexity index is 625. The Hall–Kier alpha value is -1.40. The molecule has 1 aliphatic heterocycles. The molecular weight excluding hydrogens is 382 g/mol. The lowest BCUT2D eigenvalue weighted by Gasteiger charge is -2.35. The lowest BCUT2D eigenvalue weighted by atomic mass is 9.92. The maximum absolute atomic E-state index is 12.4. The molecule has 1 heterocycles. The summed E-state index contributed by atoms with van der Waals surface area (Å²) in [7, 11) is 1.69. The summed E-state index contributed by atoms with van der Waals surface area (Å²) in [6.45, 7) is 8.75. The van der Waals surface area contributed by atoms with E-state index in [4.69, 9.17) is 0 Å².